The monoisotopic (exact) mass is 428 g/mol. The van der Waals surface area contributed by atoms with Gasteiger partial charge in [0.15, 0.2) is 0 Å². The van der Waals surface area contributed by atoms with Crippen molar-refractivity contribution >= 4 is 22.7 Å². The van der Waals surface area contributed by atoms with Crippen molar-refractivity contribution in [1.82, 2.24) is 24.6 Å². The zero-order valence-electron chi connectivity index (χ0n) is 17.8. The highest BCUT2D eigenvalue weighted by Gasteiger charge is 2.24. The summed E-state index contributed by atoms with van der Waals surface area (Å²) >= 11 is 0. The average Bonchev–Trinajstić information content (AvgIpc) is 3.30. The van der Waals surface area contributed by atoms with Crippen LogP contribution in [0.4, 0.5) is 10.6 Å². The van der Waals surface area contributed by atoms with Gasteiger partial charge in [0.05, 0.1) is 17.9 Å². The topological polar surface area (TPSA) is 110 Å². The number of pyridine rings is 2. The second-order valence-corrected chi connectivity index (χ2v) is 8.23. The van der Waals surface area contributed by atoms with E-state index < -0.39 is 6.09 Å². The number of nitrogen functional groups attached to an aromatic ring is 1. The summed E-state index contributed by atoms with van der Waals surface area (Å²) < 4.78 is 1.93. The van der Waals surface area contributed by atoms with Crippen molar-refractivity contribution < 1.29 is 9.90 Å². The van der Waals surface area contributed by atoms with Crippen LogP contribution in [-0.2, 0) is 0 Å². The highest BCUT2D eigenvalue weighted by atomic mass is 16.4. The van der Waals surface area contributed by atoms with Crippen molar-refractivity contribution in [2.45, 2.75) is 25.8 Å². The molecule has 5 rings (SSSR count). The summed E-state index contributed by atoms with van der Waals surface area (Å²) in [6.45, 7) is 3.12. The lowest BCUT2D eigenvalue weighted by Crippen LogP contribution is -2.38. The van der Waals surface area contributed by atoms with Crippen molar-refractivity contribution in [2.75, 3.05) is 18.8 Å². The fourth-order valence-electron chi connectivity index (χ4n) is 4.32. The van der Waals surface area contributed by atoms with Gasteiger partial charge in [0, 0.05) is 53.8 Å². The summed E-state index contributed by atoms with van der Waals surface area (Å²) in [5, 5.41) is 15.9. The molecule has 1 aliphatic heterocycles. The first-order valence-electron chi connectivity index (χ1n) is 10.6. The van der Waals surface area contributed by atoms with Gasteiger partial charge in [-0.1, -0.05) is 18.2 Å². The van der Waals surface area contributed by atoms with E-state index in [0.29, 0.717) is 18.9 Å². The molecule has 32 heavy (non-hydrogen) atoms. The second kappa shape index (κ2) is 7.96. The van der Waals surface area contributed by atoms with Crippen molar-refractivity contribution in [3.63, 3.8) is 0 Å². The standard InChI is InChI=1S/C24H24N6O2/c1-15-3-2-4-16-10-22(26-13-21(15)16)20-9-17(11-27-23(20)25)18-12-28-30(14-18)19-5-7-29(8-6-19)24(31)32/h2-4,9-14,19H,5-8H2,1H3,(H2,25,27)(H,31,32). The molecular formula is C24H24N6O2. The fourth-order valence-corrected chi connectivity index (χ4v) is 4.32. The molecule has 4 aromatic rings. The Morgan fingerprint density at radius 1 is 1.09 bits per heavy atom. The number of aromatic nitrogens is 4. The number of nitrogens with two attached hydrogens (primary N) is 1. The molecule has 0 spiro atoms. The first-order chi connectivity index (χ1) is 15.5. The third kappa shape index (κ3) is 3.64. The normalized spacial score (nSPS) is 14.7. The van der Waals surface area contributed by atoms with Crippen LogP contribution in [0.5, 0.6) is 0 Å². The molecule has 1 fully saturated rings. The Balaban J connectivity index is 1.43. The Morgan fingerprint density at radius 2 is 1.91 bits per heavy atom. The Morgan fingerprint density at radius 3 is 2.69 bits per heavy atom. The number of amides is 1. The summed E-state index contributed by atoms with van der Waals surface area (Å²) in [6, 6.07) is 10.4. The van der Waals surface area contributed by atoms with Crippen LogP contribution in [0, 0.1) is 6.92 Å². The number of rotatable bonds is 3. The van der Waals surface area contributed by atoms with Crippen molar-refractivity contribution in [2.24, 2.45) is 0 Å². The van der Waals surface area contributed by atoms with Gasteiger partial charge >= 0.3 is 6.09 Å². The van der Waals surface area contributed by atoms with E-state index in [0.717, 1.165) is 46.0 Å². The highest BCUT2D eigenvalue weighted by Crippen LogP contribution is 2.31. The van der Waals surface area contributed by atoms with E-state index in [2.05, 4.69) is 34.1 Å². The number of carbonyl (C=O) groups is 1. The first kappa shape index (κ1) is 20.0. The Hall–Kier alpha value is -3.94. The molecule has 162 valence electrons. The molecule has 0 saturated carbocycles. The molecule has 8 nitrogen and oxygen atoms in total. The van der Waals surface area contributed by atoms with Crippen LogP contribution in [0.15, 0.2) is 55.1 Å². The minimum absolute atomic E-state index is 0.186. The maximum atomic E-state index is 11.1. The third-order valence-corrected chi connectivity index (χ3v) is 6.22. The molecule has 0 atom stereocenters. The first-order valence-corrected chi connectivity index (χ1v) is 10.6. The van der Waals surface area contributed by atoms with Crippen LogP contribution in [0.2, 0.25) is 0 Å². The summed E-state index contributed by atoms with van der Waals surface area (Å²) in [7, 11) is 0. The highest BCUT2D eigenvalue weighted by molar-refractivity contribution is 5.89. The van der Waals surface area contributed by atoms with Crippen molar-refractivity contribution in [3.8, 4) is 22.4 Å². The molecule has 1 saturated heterocycles. The van der Waals surface area contributed by atoms with Gasteiger partial charge in [-0.15, -0.1) is 0 Å². The number of anilines is 1. The van der Waals surface area contributed by atoms with Crippen molar-refractivity contribution in [1.29, 1.82) is 0 Å². The van der Waals surface area contributed by atoms with Gasteiger partial charge in [-0.05, 0) is 42.8 Å². The molecule has 3 aromatic heterocycles. The SMILES string of the molecule is Cc1cccc2cc(-c3cc(-c4cnn(C5CCN(C(=O)O)CC5)c4)cnc3N)ncc12. The van der Waals surface area contributed by atoms with Crippen LogP contribution < -0.4 is 5.73 Å². The van der Waals surface area contributed by atoms with Crippen LogP contribution in [-0.4, -0.2) is 48.9 Å². The largest absolute Gasteiger partial charge is 0.465 e. The molecule has 4 heterocycles. The number of aryl methyl sites for hydroxylation is 1. The number of hydrogen-bond donors (Lipinski definition) is 2. The predicted molar refractivity (Wildman–Crippen MR) is 123 cm³/mol. The molecular weight excluding hydrogens is 404 g/mol. The fraction of sp³-hybridized carbons (Fsp3) is 0.250. The number of nitrogens with zero attached hydrogens (tertiary/aromatic N) is 5. The number of hydrogen-bond acceptors (Lipinski definition) is 5. The summed E-state index contributed by atoms with van der Waals surface area (Å²) in [5.74, 6) is 0.432. The minimum Gasteiger partial charge on any atom is -0.465 e. The van der Waals surface area contributed by atoms with Crippen LogP contribution >= 0.6 is 0 Å². The minimum atomic E-state index is -0.859. The van der Waals surface area contributed by atoms with Gasteiger partial charge in [-0.2, -0.15) is 5.10 Å². The Bertz CT molecular complexity index is 1310. The van der Waals surface area contributed by atoms with E-state index >= 15 is 0 Å². The maximum absolute atomic E-state index is 11.1. The molecule has 3 N–H and O–H groups in total. The van der Waals surface area contributed by atoms with Gasteiger partial charge in [0.2, 0.25) is 0 Å². The Labute approximate surface area is 185 Å². The van der Waals surface area contributed by atoms with Crippen molar-refractivity contribution in [3.05, 3.63) is 60.7 Å². The quantitative estimate of drug-likeness (QED) is 0.501. The molecule has 1 amide bonds. The zero-order chi connectivity index (χ0) is 22.2. The average molecular weight is 428 g/mol. The smallest absolute Gasteiger partial charge is 0.407 e. The van der Waals surface area contributed by atoms with E-state index in [1.165, 1.54) is 10.5 Å². The summed E-state index contributed by atoms with van der Waals surface area (Å²) in [6.07, 6.45) is 8.08. The van der Waals surface area contributed by atoms with Crippen LogP contribution in [0.3, 0.4) is 0 Å². The molecule has 0 bridgehead atoms. The van der Waals surface area contributed by atoms with Gasteiger partial charge in [-0.3, -0.25) is 9.67 Å². The summed E-state index contributed by atoms with van der Waals surface area (Å²) in [5.41, 5.74) is 10.8. The molecule has 0 unspecified atom stereocenters. The number of benzene rings is 1. The van der Waals surface area contributed by atoms with Gasteiger partial charge in [-0.25, -0.2) is 9.78 Å². The van der Waals surface area contributed by atoms with Crippen LogP contribution in [0.1, 0.15) is 24.4 Å². The second-order valence-electron chi connectivity index (χ2n) is 8.23. The lowest BCUT2D eigenvalue weighted by molar-refractivity contribution is 0.124. The number of fused-ring (bicyclic) bond motifs is 1. The van der Waals surface area contributed by atoms with E-state index in [1.54, 1.807) is 6.20 Å². The van der Waals surface area contributed by atoms with E-state index in [9.17, 15) is 4.79 Å². The predicted octanol–water partition coefficient (Wildman–Crippen LogP) is 4.37. The maximum Gasteiger partial charge on any atom is 0.407 e. The molecule has 8 heteroatoms. The van der Waals surface area contributed by atoms with E-state index in [4.69, 9.17) is 10.8 Å². The van der Waals surface area contributed by atoms with Crippen LogP contribution in [0.25, 0.3) is 33.2 Å². The molecule has 1 aliphatic rings. The van der Waals surface area contributed by atoms with E-state index in [1.807, 2.05) is 41.5 Å². The van der Waals surface area contributed by atoms with E-state index in [-0.39, 0.29) is 6.04 Å². The molecule has 1 aromatic carbocycles. The van der Waals surface area contributed by atoms with Gasteiger partial charge in [0.1, 0.15) is 5.82 Å². The number of piperidine rings is 1. The zero-order valence-corrected chi connectivity index (χ0v) is 17.8. The third-order valence-electron chi connectivity index (χ3n) is 6.22. The number of likely N-dealkylation sites (tertiary alicyclic amines) is 1. The number of carboxylic acid groups (broad SMARTS) is 1. The summed E-state index contributed by atoms with van der Waals surface area (Å²) in [4.78, 5) is 21.6. The molecule has 0 radical (unpaired) electrons. The Kier molecular flexibility index (Phi) is 4.97. The van der Waals surface area contributed by atoms with Gasteiger partial charge < -0.3 is 15.7 Å². The lowest BCUT2D eigenvalue weighted by Gasteiger charge is -2.30. The molecule has 0 aliphatic carbocycles. The van der Waals surface area contributed by atoms with Gasteiger partial charge in [0.25, 0.3) is 0 Å². The lowest BCUT2D eigenvalue weighted by atomic mass is 10.0.